The molecule has 4 nitrogen and oxygen atoms in total. The molecule has 0 saturated heterocycles. The zero-order valence-electron chi connectivity index (χ0n) is 16.1. The van der Waals surface area contributed by atoms with E-state index in [1.807, 2.05) is 38.2 Å². The van der Waals surface area contributed by atoms with Gasteiger partial charge in [0.25, 0.3) is 0 Å². The molecule has 0 saturated carbocycles. The van der Waals surface area contributed by atoms with Gasteiger partial charge in [0.05, 0.1) is 13.0 Å². The molecule has 0 aliphatic heterocycles. The molecule has 0 atom stereocenters. The molecule has 140 valence electrons. The molecule has 0 spiro atoms. The van der Waals surface area contributed by atoms with Crippen molar-refractivity contribution in [1.82, 2.24) is 4.57 Å². The topological polar surface area (TPSA) is 40.5 Å². The van der Waals surface area contributed by atoms with Crippen molar-refractivity contribution >= 4 is 22.4 Å². The summed E-state index contributed by atoms with van der Waals surface area (Å²) in [5.41, 5.74) is 5.19. The average Bonchev–Trinajstić information content (AvgIpc) is 3.01. The zero-order chi connectivity index (χ0) is 19.4. The van der Waals surface area contributed by atoms with Gasteiger partial charge in [-0.2, -0.15) is 0 Å². The van der Waals surface area contributed by atoms with E-state index in [0.717, 1.165) is 27.8 Å². The number of esters is 1. The van der Waals surface area contributed by atoms with Gasteiger partial charge in [0, 0.05) is 29.7 Å². The maximum Gasteiger partial charge on any atom is 0.310 e. The molecule has 1 heterocycles. The Kier molecular flexibility index (Phi) is 5.65. The molecule has 0 unspecified atom stereocenters. The Morgan fingerprint density at radius 3 is 2.70 bits per heavy atom. The fourth-order valence-corrected chi connectivity index (χ4v) is 3.19. The number of nitrogens with zero attached hydrogens (tertiary/aromatic N) is 1. The molecule has 0 amide bonds. The molecule has 27 heavy (non-hydrogen) atoms. The van der Waals surface area contributed by atoms with Gasteiger partial charge >= 0.3 is 5.97 Å². The summed E-state index contributed by atoms with van der Waals surface area (Å²) in [6.45, 7) is 8.72. The van der Waals surface area contributed by atoms with E-state index in [9.17, 15) is 4.79 Å². The Morgan fingerprint density at radius 1 is 1.19 bits per heavy atom. The lowest BCUT2D eigenvalue weighted by atomic mass is 10.0. The number of carbonyl (C=O) groups is 1. The van der Waals surface area contributed by atoms with Gasteiger partial charge in [-0.25, -0.2) is 0 Å². The van der Waals surface area contributed by atoms with Gasteiger partial charge in [0.15, 0.2) is 0 Å². The van der Waals surface area contributed by atoms with Gasteiger partial charge in [-0.1, -0.05) is 30.4 Å². The van der Waals surface area contributed by atoms with Crippen LogP contribution in [0.4, 0.5) is 0 Å². The number of aromatic nitrogens is 1. The molecule has 0 aliphatic carbocycles. The smallest absolute Gasteiger partial charge is 0.310 e. The number of ether oxygens (including phenoxy) is 2. The van der Waals surface area contributed by atoms with E-state index >= 15 is 0 Å². The predicted octanol–water partition coefficient (Wildman–Crippen LogP) is 4.90. The van der Waals surface area contributed by atoms with Crippen LogP contribution in [0.3, 0.4) is 0 Å². The maximum absolute atomic E-state index is 11.8. The lowest BCUT2D eigenvalue weighted by molar-refractivity contribution is -0.142. The minimum absolute atomic E-state index is 0.206. The van der Waals surface area contributed by atoms with Crippen LogP contribution in [-0.4, -0.2) is 17.1 Å². The summed E-state index contributed by atoms with van der Waals surface area (Å²) in [5, 5.41) is 1.19. The second kappa shape index (κ2) is 8.12. The summed E-state index contributed by atoms with van der Waals surface area (Å²) >= 11 is 0. The van der Waals surface area contributed by atoms with E-state index in [4.69, 9.17) is 9.47 Å². The first-order valence-electron chi connectivity index (χ1n) is 9.09. The largest absolute Gasteiger partial charge is 0.489 e. The molecule has 0 N–H and O–H groups in total. The summed E-state index contributed by atoms with van der Waals surface area (Å²) in [6.07, 6.45) is 2.26. The molecule has 0 bridgehead atoms. The van der Waals surface area contributed by atoms with Crippen LogP contribution < -0.4 is 4.74 Å². The highest BCUT2D eigenvalue weighted by Crippen LogP contribution is 2.28. The molecule has 0 aliphatic rings. The third kappa shape index (κ3) is 4.22. The number of carbonyl (C=O) groups excluding carboxylic acids is 1. The molecule has 1 aromatic heterocycles. The number of benzene rings is 2. The standard InChI is InChI=1S/C23H25NO3/c1-5-26-23(25)14-18-8-6-7-9-22(18)27-15-17-12-20(16(2)3)19-10-11-24(4)21(19)13-17/h6-13H,2,5,14-15H2,1,3-4H3. The Hall–Kier alpha value is -3.01. The molecule has 4 heteroatoms. The van der Waals surface area contributed by atoms with Gasteiger partial charge < -0.3 is 14.0 Å². The first-order chi connectivity index (χ1) is 13.0. The Balaban J connectivity index is 1.84. The normalized spacial score (nSPS) is 10.8. The van der Waals surface area contributed by atoms with Crippen LogP contribution in [0.5, 0.6) is 5.75 Å². The fraction of sp³-hybridized carbons (Fsp3) is 0.261. The maximum atomic E-state index is 11.8. The van der Waals surface area contributed by atoms with Crippen LogP contribution in [0, 0.1) is 0 Å². The number of rotatable bonds is 7. The molecule has 3 aromatic rings. The predicted molar refractivity (Wildman–Crippen MR) is 109 cm³/mol. The summed E-state index contributed by atoms with van der Waals surface area (Å²) in [4.78, 5) is 11.8. The fourth-order valence-electron chi connectivity index (χ4n) is 3.19. The van der Waals surface area contributed by atoms with Crippen molar-refractivity contribution in [3.05, 3.63) is 71.9 Å². The molecule has 2 aromatic carbocycles. The highest BCUT2D eigenvalue weighted by Gasteiger charge is 2.11. The summed E-state index contributed by atoms with van der Waals surface area (Å²) in [5.74, 6) is 0.456. The lowest BCUT2D eigenvalue weighted by Gasteiger charge is -2.13. The number of allylic oxidation sites excluding steroid dienone is 1. The van der Waals surface area contributed by atoms with Crippen molar-refractivity contribution in [3.8, 4) is 5.75 Å². The lowest BCUT2D eigenvalue weighted by Crippen LogP contribution is -2.09. The third-order valence-electron chi connectivity index (χ3n) is 4.53. The van der Waals surface area contributed by atoms with Gasteiger partial charge in [-0.3, -0.25) is 4.79 Å². The van der Waals surface area contributed by atoms with Crippen LogP contribution in [0.15, 0.2) is 55.2 Å². The van der Waals surface area contributed by atoms with Crippen molar-refractivity contribution in [2.45, 2.75) is 26.9 Å². The van der Waals surface area contributed by atoms with E-state index in [0.29, 0.717) is 19.0 Å². The molecule has 3 rings (SSSR count). The van der Waals surface area contributed by atoms with E-state index in [-0.39, 0.29) is 12.4 Å². The Labute approximate surface area is 160 Å². The monoisotopic (exact) mass is 363 g/mol. The van der Waals surface area contributed by atoms with E-state index in [1.165, 1.54) is 5.39 Å². The van der Waals surface area contributed by atoms with Crippen molar-refractivity contribution in [2.75, 3.05) is 6.61 Å². The van der Waals surface area contributed by atoms with Gasteiger partial charge in [-0.05, 0) is 49.2 Å². The minimum atomic E-state index is -0.247. The van der Waals surface area contributed by atoms with Crippen molar-refractivity contribution in [1.29, 1.82) is 0 Å². The second-order valence-corrected chi connectivity index (χ2v) is 6.66. The molecular formula is C23H25NO3. The zero-order valence-corrected chi connectivity index (χ0v) is 16.1. The van der Waals surface area contributed by atoms with Crippen LogP contribution in [0.1, 0.15) is 30.5 Å². The molecule has 0 fully saturated rings. The summed E-state index contributed by atoms with van der Waals surface area (Å²) in [7, 11) is 2.03. The summed E-state index contributed by atoms with van der Waals surface area (Å²) in [6, 6.07) is 14.0. The van der Waals surface area contributed by atoms with Crippen LogP contribution in [-0.2, 0) is 29.6 Å². The van der Waals surface area contributed by atoms with Crippen molar-refractivity contribution in [2.24, 2.45) is 7.05 Å². The summed E-state index contributed by atoms with van der Waals surface area (Å²) < 4.78 is 13.2. The number of aryl methyl sites for hydroxylation is 1. The Morgan fingerprint density at radius 2 is 1.96 bits per heavy atom. The highest BCUT2D eigenvalue weighted by molar-refractivity contribution is 5.92. The van der Waals surface area contributed by atoms with E-state index in [1.54, 1.807) is 6.92 Å². The highest BCUT2D eigenvalue weighted by atomic mass is 16.5. The quantitative estimate of drug-likeness (QED) is 0.561. The third-order valence-corrected chi connectivity index (χ3v) is 4.53. The van der Waals surface area contributed by atoms with E-state index in [2.05, 4.69) is 35.5 Å². The number of para-hydroxylation sites is 1. The second-order valence-electron chi connectivity index (χ2n) is 6.66. The van der Waals surface area contributed by atoms with Crippen molar-refractivity contribution < 1.29 is 14.3 Å². The van der Waals surface area contributed by atoms with E-state index < -0.39 is 0 Å². The van der Waals surface area contributed by atoms with Crippen LogP contribution >= 0.6 is 0 Å². The van der Waals surface area contributed by atoms with Gasteiger partial charge in [0.2, 0.25) is 0 Å². The van der Waals surface area contributed by atoms with Crippen LogP contribution in [0.25, 0.3) is 16.5 Å². The first-order valence-corrected chi connectivity index (χ1v) is 9.09. The van der Waals surface area contributed by atoms with Gasteiger partial charge in [-0.15, -0.1) is 0 Å². The number of hydrogen-bond donors (Lipinski definition) is 0. The first kappa shape index (κ1) is 18.8. The number of hydrogen-bond acceptors (Lipinski definition) is 3. The van der Waals surface area contributed by atoms with Crippen molar-refractivity contribution in [3.63, 3.8) is 0 Å². The van der Waals surface area contributed by atoms with Crippen LogP contribution in [0.2, 0.25) is 0 Å². The van der Waals surface area contributed by atoms with Gasteiger partial charge in [0.1, 0.15) is 12.4 Å². The minimum Gasteiger partial charge on any atom is -0.489 e. The SMILES string of the molecule is C=C(C)c1cc(COc2ccccc2CC(=O)OCC)cc2c1ccn2C. The molecular weight excluding hydrogens is 338 g/mol. The average molecular weight is 363 g/mol. The number of fused-ring (bicyclic) bond motifs is 1. The Bertz CT molecular complexity index is 984. The molecule has 0 radical (unpaired) electrons.